The third-order valence-electron chi connectivity index (χ3n) is 3.09. The van der Waals surface area contributed by atoms with E-state index in [9.17, 15) is 4.39 Å². The molecule has 0 radical (unpaired) electrons. The molecule has 0 aliphatic carbocycles. The molecular formula is C16H16BrClFNO. The van der Waals surface area contributed by atoms with Gasteiger partial charge in [0, 0.05) is 17.7 Å². The first kappa shape index (κ1) is 16.3. The lowest BCUT2D eigenvalue weighted by molar-refractivity contribution is 0.456. The van der Waals surface area contributed by atoms with E-state index in [2.05, 4.69) is 28.2 Å². The molecule has 0 heterocycles. The normalized spacial score (nSPS) is 12.2. The summed E-state index contributed by atoms with van der Waals surface area (Å²) in [7, 11) is 0. The lowest BCUT2D eigenvalue weighted by Crippen LogP contribution is -2.18. The second-order valence-electron chi connectivity index (χ2n) is 4.62. The number of halogens is 3. The van der Waals surface area contributed by atoms with E-state index in [1.807, 2.05) is 31.2 Å². The highest BCUT2D eigenvalue weighted by atomic mass is 79.9. The maximum Gasteiger partial charge on any atom is 0.145 e. The number of hydrogen-bond acceptors (Lipinski definition) is 2. The highest BCUT2D eigenvalue weighted by Crippen LogP contribution is 2.36. The average Bonchev–Trinajstić information content (AvgIpc) is 2.45. The molecule has 2 rings (SSSR count). The Labute approximate surface area is 137 Å². The van der Waals surface area contributed by atoms with Gasteiger partial charge in [0.25, 0.3) is 0 Å². The van der Waals surface area contributed by atoms with Gasteiger partial charge in [-0.15, -0.1) is 0 Å². The Morgan fingerprint density at radius 3 is 2.71 bits per heavy atom. The summed E-state index contributed by atoms with van der Waals surface area (Å²) in [4.78, 5) is 0. The molecular weight excluding hydrogens is 357 g/mol. The van der Waals surface area contributed by atoms with Gasteiger partial charge >= 0.3 is 0 Å². The van der Waals surface area contributed by atoms with E-state index in [1.54, 1.807) is 0 Å². The fraction of sp³-hybridized carbons (Fsp3) is 0.250. The Kier molecular flexibility index (Phi) is 5.62. The van der Waals surface area contributed by atoms with Crippen LogP contribution in [0.3, 0.4) is 0 Å². The van der Waals surface area contributed by atoms with Crippen molar-refractivity contribution in [2.75, 3.05) is 6.54 Å². The van der Waals surface area contributed by atoms with Crippen molar-refractivity contribution in [1.82, 2.24) is 5.32 Å². The summed E-state index contributed by atoms with van der Waals surface area (Å²) < 4.78 is 20.1. The first-order valence-corrected chi connectivity index (χ1v) is 7.84. The molecule has 1 atom stereocenters. The maximum atomic E-state index is 13.6. The predicted octanol–water partition coefficient (Wildman–Crippen LogP) is 5.70. The van der Waals surface area contributed by atoms with E-state index in [4.69, 9.17) is 16.3 Å². The fourth-order valence-corrected chi connectivity index (χ4v) is 2.77. The largest absolute Gasteiger partial charge is 0.456 e. The van der Waals surface area contributed by atoms with Gasteiger partial charge in [0.1, 0.15) is 17.3 Å². The zero-order chi connectivity index (χ0) is 15.4. The molecule has 0 amide bonds. The monoisotopic (exact) mass is 371 g/mol. The van der Waals surface area contributed by atoms with Gasteiger partial charge in [-0.3, -0.25) is 0 Å². The van der Waals surface area contributed by atoms with Crippen LogP contribution in [-0.4, -0.2) is 6.54 Å². The van der Waals surface area contributed by atoms with E-state index in [0.29, 0.717) is 16.0 Å². The van der Waals surface area contributed by atoms with Crippen LogP contribution >= 0.6 is 27.5 Å². The summed E-state index contributed by atoms with van der Waals surface area (Å²) in [5, 5.41) is 3.39. The van der Waals surface area contributed by atoms with E-state index >= 15 is 0 Å². The Balaban J connectivity index is 2.34. The molecule has 0 saturated heterocycles. The average molecular weight is 373 g/mol. The Hall–Kier alpha value is -1.10. The van der Waals surface area contributed by atoms with E-state index in [0.717, 1.165) is 12.1 Å². The van der Waals surface area contributed by atoms with Crippen LogP contribution in [-0.2, 0) is 0 Å². The molecule has 21 heavy (non-hydrogen) atoms. The summed E-state index contributed by atoms with van der Waals surface area (Å²) in [6.45, 7) is 4.96. The maximum absolute atomic E-state index is 13.6. The van der Waals surface area contributed by atoms with Gasteiger partial charge in [-0.25, -0.2) is 4.39 Å². The summed E-state index contributed by atoms with van der Waals surface area (Å²) in [6, 6.07) is 10.6. The minimum absolute atomic E-state index is 0.0588. The SMILES string of the molecule is CCNC(C)c1ccccc1Oc1cc(F)c(Cl)cc1Br. The molecule has 0 aromatic heterocycles. The summed E-state index contributed by atoms with van der Waals surface area (Å²) in [5.41, 5.74) is 1.02. The highest BCUT2D eigenvalue weighted by Gasteiger charge is 2.14. The third-order valence-corrected chi connectivity index (χ3v) is 4.00. The topological polar surface area (TPSA) is 21.3 Å². The van der Waals surface area contributed by atoms with Crippen molar-refractivity contribution in [1.29, 1.82) is 0 Å². The molecule has 0 bridgehead atoms. The summed E-state index contributed by atoms with van der Waals surface area (Å²) >= 11 is 9.08. The Morgan fingerprint density at radius 1 is 1.29 bits per heavy atom. The Morgan fingerprint density at radius 2 is 2.00 bits per heavy atom. The van der Waals surface area contributed by atoms with Gasteiger partial charge < -0.3 is 10.1 Å². The zero-order valence-corrected chi connectivity index (χ0v) is 14.1. The van der Waals surface area contributed by atoms with Crippen molar-refractivity contribution in [3.8, 4) is 11.5 Å². The first-order valence-electron chi connectivity index (χ1n) is 6.67. The molecule has 0 fully saturated rings. The van der Waals surface area contributed by atoms with Gasteiger partial charge in [-0.2, -0.15) is 0 Å². The van der Waals surface area contributed by atoms with Gasteiger partial charge in [0.2, 0.25) is 0 Å². The Bertz CT molecular complexity index is 636. The van der Waals surface area contributed by atoms with Gasteiger partial charge in [0.15, 0.2) is 0 Å². The second kappa shape index (κ2) is 7.25. The number of nitrogens with one attached hydrogen (secondary N) is 1. The van der Waals surface area contributed by atoms with Crippen LogP contribution < -0.4 is 10.1 Å². The molecule has 112 valence electrons. The number of para-hydroxylation sites is 1. The van der Waals surface area contributed by atoms with Gasteiger partial charge in [0.05, 0.1) is 9.50 Å². The van der Waals surface area contributed by atoms with Crippen molar-refractivity contribution < 1.29 is 9.13 Å². The summed E-state index contributed by atoms with van der Waals surface area (Å²) in [6.07, 6.45) is 0. The lowest BCUT2D eigenvalue weighted by atomic mass is 10.1. The standard InChI is InChI=1S/C16H16BrClFNO/c1-3-20-10(2)11-6-4-5-7-15(11)21-16-9-14(19)13(18)8-12(16)17/h4-10,20H,3H2,1-2H3. The second-order valence-corrected chi connectivity index (χ2v) is 5.88. The van der Waals surface area contributed by atoms with Crippen molar-refractivity contribution in [3.05, 3.63) is 57.3 Å². The van der Waals surface area contributed by atoms with Gasteiger partial charge in [-0.05, 0) is 41.5 Å². The molecule has 0 aliphatic heterocycles. The van der Waals surface area contributed by atoms with Crippen LogP contribution in [0.5, 0.6) is 11.5 Å². The molecule has 2 aromatic rings. The number of ether oxygens (including phenoxy) is 1. The zero-order valence-electron chi connectivity index (χ0n) is 11.8. The molecule has 2 nitrogen and oxygen atoms in total. The smallest absolute Gasteiger partial charge is 0.145 e. The molecule has 1 unspecified atom stereocenters. The van der Waals surface area contributed by atoms with Crippen LogP contribution in [0.15, 0.2) is 40.9 Å². The predicted molar refractivity (Wildman–Crippen MR) is 87.7 cm³/mol. The van der Waals surface area contributed by atoms with Gasteiger partial charge in [-0.1, -0.05) is 36.7 Å². The highest BCUT2D eigenvalue weighted by molar-refractivity contribution is 9.10. The van der Waals surface area contributed by atoms with Crippen molar-refractivity contribution in [2.24, 2.45) is 0 Å². The van der Waals surface area contributed by atoms with E-state index in [-0.39, 0.29) is 11.1 Å². The van der Waals surface area contributed by atoms with Crippen molar-refractivity contribution >= 4 is 27.5 Å². The summed E-state index contributed by atoms with van der Waals surface area (Å²) in [5.74, 6) is 0.577. The minimum Gasteiger partial charge on any atom is -0.456 e. The van der Waals surface area contributed by atoms with E-state index < -0.39 is 5.82 Å². The van der Waals surface area contributed by atoms with E-state index in [1.165, 1.54) is 12.1 Å². The van der Waals surface area contributed by atoms with Crippen LogP contribution in [0.1, 0.15) is 25.5 Å². The molecule has 0 aliphatic rings. The van der Waals surface area contributed by atoms with Crippen LogP contribution in [0.2, 0.25) is 5.02 Å². The van der Waals surface area contributed by atoms with Crippen molar-refractivity contribution in [2.45, 2.75) is 19.9 Å². The molecule has 1 N–H and O–H groups in total. The fourth-order valence-electron chi connectivity index (χ4n) is 2.05. The van der Waals surface area contributed by atoms with Crippen LogP contribution in [0.25, 0.3) is 0 Å². The van der Waals surface area contributed by atoms with Crippen LogP contribution in [0, 0.1) is 5.82 Å². The number of benzene rings is 2. The lowest BCUT2D eigenvalue weighted by Gasteiger charge is -2.18. The molecule has 5 heteroatoms. The van der Waals surface area contributed by atoms with Crippen LogP contribution in [0.4, 0.5) is 4.39 Å². The minimum atomic E-state index is -0.507. The molecule has 0 saturated carbocycles. The number of hydrogen-bond donors (Lipinski definition) is 1. The molecule has 0 spiro atoms. The molecule has 2 aromatic carbocycles. The number of rotatable bonds is 5. The van der Waals surface area contributed by atoms with Crippen molar-refractivity contribution in [3.63, 3.8) is 0 Å². The third kappa shape index (κ3) is 3.96. The quantitative estimate of drug-likeness (QED) is 0.679. The first-order chi connectivity index (χ1) is 10.0.